The number of nitrogens with zero attached hydrogens (tertiary/aromatic N) is 1. The second kappa shape index (κ2) is 5.39. The maximum absolute atomic E-state index is 5.28. The number of hydrogen-bond acceptors (Lipinski definition) is 3. The van der Waals surface area contributed by atoms with E-state index in [9.17, 15) is 0 Å². The molecule has 0 radical (unpaired) electrons. The minimum Gasteiger partial charge on any atom is -0.380 e. The molecule has 2 aliphatic rings. The molecule has 0 aliphatic carbocycles. The maximum Gasteiger partial charge on any atom is 0.0716 e. The first-order valence-corrected chi connectivity index (χ1v) is 6.85. The van der Waals surface area contributed by atoms with Gasteiger partial charge in [-0.15, -0.1) is 0 Å². The summed E-state index contributed by atoms with van der Waals surface area (Å²) in [6, 6.07) is 8.64. The van der Waals surface area contributed by atoms with Crippen LogP contribution in [0.3, 0.4) is 0 Å². The number of fused-ring (bicyclic) bond motifs is 1. The molecule has 98 valence electrons. The largest absolute Gasteiger partial charge is 0.380 e. The fourth-order valence-electron chi connectivity index (χ4n) is 3.33. The van der Waals surface area contributed by atoms with Gasteiger partial charge in [-0.3, -0.25) is 4.90 Å². The van der Waals surface area contributed by atoms with Crippen LogP contribution in [0.2, 0.25) is 0 Å². The van der Waals surface area contributed by atoms with Crippen molar-refractivity contribution < 1.29 is 4.74 Å². The van der Waals surface area contributed by atoms with Gasteiger partial charge in [0, 0.05) is 26.7 Å². The molecule has 0 saturated carbocycles. The summed E-state index contributed by atoms with van der Waals surface area (Å²) in [6.07, 6.45) is 0. The maximum atomic E-state index is 5.28. The number of methoxy groups -OCH3 is 1. The molecule has 1 aromatic carbocycles. The van der Waals surface area contributed by atoms with Crippen molar-refractivity contribution >= 4 is 0 Å². The summed E-state index contributed by atoms with van der Waals surface area (Å²) in [5.41, 5.74) is 2.75. The summed E-state index contributed by atoms with van der Waals surface area (Å²) < 4.78 is 5.28. The summed E-state index contributed by atoms with van der Waals surface area (Å²) in [5, 5.41) is 3.49. The molecule has 0 spiro atoms. The lowest BCUT2D eigenvalue weighted by molar-refractivity contribution is 0.182. The van der Waals surface area contributed by atoms with Gasteiger partial charge in [0.1, 0.15) is 0 Å². The SMILES string of the molecule is COCc1ccccc1CN1C[C@H]2CNC[C@H]2C1. The van der Waals surface area contributed by atoms with Gasteiger partial charge in [0.15, 0.2) is 0 Å². The van der Waals surface area contributed by atoms with Crippen molar-refractivity contribution in [1.82, 2.24) is 10.2 Å². The predicted molar refractivity (Wildman–Crippen MR) is 72.3 cm³/mol. The van der Waals surface area contributed by atoms with E-state index in [0.717, 1.165) is 25.0 Å². The topological polar surface area (TPSA) is 24.5 Å². The van der Waals surface area contributed by atoms with Crippen molar-refractivity contribution in [2.75, 3.05) is 33.3 Å². The highest BCUT2D eigenvalue weighted by atomic mass is 16.5. The number of ether oxygens (including phenoxy) is 1. The third-order valence-electron chi connectivity index (χ3n) is 4.28. The van der Waals surface area contributed by atoms with E-state index in [1.54, 1.807) is 7.11 Å². The fourth-order valence-corrected chi connectivity index (χ4v) is 3.33. The van der Waals surface area contributed by atoms with Gasteiger partial charge in [-0.2, -0.15) is 0 Å². The summed E-state index contributed by atoms with van der Waals surface area (Å²) in [6.45, 7) is 6.71. The monoisotopic (exact) mass is 246 g/mol. The molecule has 3 heteroatoms. The first-order chi connectivity index (χ1) is 8.86. The normalized spacial score (nSPS) is 27.6. The van der Waals surface area contributed by atoms with Gasteiger partial charge < -0.3 is 10.1 Å². The molecule has 2 fully saturated rings. The molecule has 2 atom stereocenters. The van der Waals surface area contributed by atoms with Crippen LogP contribution in [0.25, 0.3) is 0 Å². The van der Waals surface area contributed by atoms with E-state index >= 15 is 0 Å². The Kier molecular flexibility index (Phi) is 3.64. The Bertz CT molecular complexity index is 395. The van der Waals surface area contributed by atoms with Crippen LogP contribution in [0.5, 0.6) is 0 Å². The smallest absolute Gasteiger partial charge is 0.0716 e. The highest BCUT2D eigenvalue weighted by molar-refractivity contribution is 5.26. The lowest BCUT2D eigenvalue weighted by Gasteiger charge is -2.19. The van der Waals surface area contributed by atoms with Crippen molar-refractivity contribution in [3.8, 4) is 0 Å². The van der Waals surface area contributed by atoms with Crippen molar-refractivity contribution in [3.63, 3.8) is 0 Å². The van der Waals surface area contributed by atoms with Crippen molar-refractivity contribution in [1.29, 1.82) is 0 Å². The zero-order valence-corrected chi connectivity index (χ0v) is 11.1. The molecule has 3 nitrogen and oxygen atoms in total. The molecule has 2 aliphatic heterocycles. The fraction of sp³-hybridized carbons (Fsp3) is 0.600. The average Bonchev–Trinajstić information content (AvgIpc) is 2.92. The second-order valence-electron chi connectivity index (χ2n) is 5.57. The van der Waals surface area contributed by atoms with Gasteiger partial charge in [-0.25, -0.2) is 0 Å². The highest BCUT2D eigenvalue weighted by Crippen LogP contribution is 2.27. The summed E-state index contributed by atoms with van der Waals surface area (Å²) in [7, 11) is 1.77. The summed E-state index contributed by atoms with van der Waals surface area (Å²) >= 11 is 0. The predicted octanol–water partition coefficient (Wildman–Crippen LogP) is 1.48. The second-order valence-corrected chi connectivity index (χ2v) is 5.57. The molecule has 0 bridgehead atoms. The number of nitrogens with one attached hydrogen (secondary N) is 1. The van der Waals surface area contributed by atoms with Crippen LogP contribution in [0, 0.1) is 11.8 Å². The molecule has 2 heterocycles. The van der Waals surface area contributed by atoms with Crippen LogP contribution in [-0.2, 0) is 17.9 Å². The molecule has 1 N–H and O–H groups in total. The number of rotatable bonds is 4. The van der Waals surface area contributed by atoms with Crippen molar-refractivity contribution in [3.05, 3.63) is 35.4 Å². The zero-order chi connectivity index (χ0) is 12.4. The number of hydrogen-bond donors (Lipinski definition) is 1. The number of likely N-dealkylation sites (tertiary alicyclic amines) is 1. The van der Waals surface area contributed by atoms with Gasteiger partial charge in [0.25, 0.3) is 0 Å². The van der Waals surface area contributed by atoms with E-state index in [1.165, 1.54) is 37.3 Å². The summed E-state index contributed by atoms with van der Waals surface area (Å²) in [4.78, 5) is 2.60. The quantitative estimate of drug-likeness (QED) is 0.871. The Balaban J connectivity index is 1.66. The third kappa shape index (κ3) is 2.44. The molecular weight excluding hydrogens is 224 g/mol. The molecule has 18 heavy (non-hydrogen) atoms. The van der Waals surface area contributed by atoms with E-state index in [0.29, 0.717) is 0 Å². The van der Waals surface area contributed by atoms with Gasteiger partial charge in [-0.05, 0) is 36.1 Å². The van der Waals surface area contributed by atoms with Crippen LogP contribution < -0.4 is 5.32 Å². The molecule has 3 rings (SSSR count). The molecule has 2 saturated heterocycles. The lowest BCUT2D eigenvalue weighted by atomic mass is 10.0. The first kappa shape index (κ1) is 12.2. The van der Waals surface area contributed by atoms with E-state index in [4.69, 9.17) is 4.74 Å². The molecule has 0 amide bonds. The minimum atomic E-state index is 0.721. The van der Waals surface area contributed by atoms with Gasteiger partial charge in [0.05, 0.1) is 6.61 Å². The van der Waals surface area contributed by atoms with E-state index < -0.39 is 0 Å². The molecule has 1 aromatic rings. The Morgan fingerprint density at radius 2 is 1.83 bits per heavy atom. The Hall–Kier alpha value is -0.900. The molecule has 0 unspecified atom stereocenters. The molecule has 0 aromatic heterocycles. The summed E-state index contributed by atoms with van der Waals surface area (Å²) in [5.74, 6) is 1.75. The van der Waals surface area contributed by atoms with Gasteiger partial charge in [-0.1, -0.05) is 24.3 Å². The Morgan fingerprint density at radius 1 is 1.17 bits per heavy atom. The first-order valence-electron chi connectivity index (χ1n) is 6.85. The molecular formula is C15H22N2O. The Labute approximate surface area is 109 Å². The van der Waals surface area contributed by atoms with E-state index in [1.807, 2.05) is 0 Å². The van der Waals surface area contributed by atoms with Crippen molar-refractivity contribution in [2.24, 2.45) is 11.8 Å². The number of benzene rings is 1. The third-order valence-corrected chi connectivity index (χ3v) is 4.28. The van der Waals surface area contributed by atoms with E-state index in [-0.39, 0.29) is 0 Å². The van der Waals surface area contributed by atoms with Crippen LogP contribution in [0.4, 0.5) is 0 Å². The van der Waals surface area contributed by atoms with Crippen LogP contribution in [-0.4, -0.2) is 38.2 Å². The highest BCUT2D eigenvalue weighted by Gasteiger charge is 2.35. The standard InChI is InChI=1S/C15H22N2O/c1-18-11-13-5-3-2-4-12(13)8-17-9-14-6-16-7-15(14)10-17/h2-5,14-16H,6-11H2,1H3/t14-,15+. The van der Waals surface area contributed by atoms with Crippen LogP contribution in [0.15, 0.2) is 24.3 Å². The minimum absolute atomic E-state index is 0.721. The van der Waals surface area contributed by atoms with Gasteiger partial charge >= 0.3 is 0 Å². The Morgan fingerprint density at radius 3 is 2.50 bits per heavy atom. The van der Waals surface area contributed by atoms with Crippen molar-refractivity contribution in [2.45, 2.75) is 13.2 Å². The van der Waals surface area contributed by atoms with Crippen LogP contribution >= 0.6 is 0 Å². The van der Waals surface area contributed by atoms with Crippen LogP contribution in [0.1, 0.15) is 11.1 Å². The van der Waals surface area contributed by atoms with E-state index in [2.05, 4.69) is 34.5 Å². The lowest BCUT2D eigenvalue weighted by Crippen LogP contribution is -2.25. The van der Waals surface area contributed by atoms with Gasteiger partial charge in [0.2, 0.25) is 0 Å². The zero-order valence-electron chi connectivity index (χ0n) is 11.1. The average molecular weight is 246 g/mol.